The van der Waals surface area contributed by atoms with Gasteiger partial charge in [0.05, 0.1) is 16.8 Å². The minimum absolute atomic E-state index is 0.00162. The summed E-state index contributed by atoms with van der Waals surface area (Å²) in [6.45, 7) is 4.26. The Labute approximate surface area is 249 Å². The zero-order valence-corrected chi connectivity index (χ0v) is 25.0. The molecule has 2 fully saturated rings. The predicted octanol–water partition coefficient (Wildman–Crippen LogP) is 5.57. The number of halogens is 3. The van der Waals surface area contributed by atoms with Crippen molar-refractivity contribution in [2.24, 2.45) is 0 Å². The van der Waals surface area contributed by atoms with Crippen molar-refractivity contribution in [1.29, 1.82) is 0 Å². The number of carbonyl (C=O) groups excluding carboxylic acids is 2. The molecule has 3 aliphatic heterocycles. The number of nitrogens with one attached hydrogen (secondary N) is 2. The monoisotopic (exact) mass is 642 g/mol. The third-order valence-corrected chi connectivity index (χ3v) is 9.00. The van der Waals surface area contributed by atoms with Crippen LogP contribution in [0.25, 0.3) is 0 Å². The molecule has 40 heavy (non-hydrogen) atoms. The zero-order chi connectivity index (χ0) is 28.6. The highest BCUT2D eigenvalue weighted by molar-refractivity contribution is 9.10. The maximum absolute atomic E-state index is 14.9. The first kappa shape index (κ1) is 27.1. The van der Waals surface area contributed by atoms with Crippen LogP contribution in [0.1, 0.15) is 30.9 Å². The second-order valence-electron chi connectivity index (χ2n) is 10.5. The lowest BCUT2D eigenvalue weighted by Gasteiger charge is -2.42. The molecule has 2 spiro atoms. The van der Waals surface area contributed by atoms with Crippen molar-refractivity contribution in [2.75, 3.05) is 23.8 Å². The Kier molecular flexibility index (Phi) is 6.45. The fourth-order valence-electron chi connectivity index (χ4n) is 6.42. The van der Waals surface area contributed by atoms with Gasteiger partial charge >= 0.3 is 0 Å². The van der Waals surface area contributed by atoms with E-state index >= 15 is 0 Å². The average Bonchev–Trinajstić information content (AvgIpc) is 3.44. The summed E-state index contributed by atoms with van der Waals surface area (Å²) in [5.74, 6) is -1.19. The van der Waals surface area contributed by atoms with E-state index in [0.29, 0.717) is 29.2 Å². The smallest absolute Gasteiger partial charge is 0.262 e. The van der Waals surface area contributed by atoms with Crippen molar-refractivity contribution in [3.63, 3.8) is 0 Å². The first-order valence-electron chi connectivity index (χ1n) is 12.7. The highest BCUT2D eigenvalue weighted by Gasteiger charge is 2.77. The molecule has 11 heteroatoms. The van der Waals surface area contributed by atoms with Crippen LogP contribution in [0, 0.1) is 5.82 Å². The van der Waals surface area contributed by atoms with Crippen LogP contribution < -0.4 is 20.3 Å². The fourth-order valence-corrected chi connectivity index (χ4v) is 7.31. The molecule has 1 unspecified atom stereocenters. The Morgan fingerprint density at radius 1 is 1.12 bits per heavy atom. The van der Waals surface area contributed by atoms with Crippen molar-refractivity contribution >= 4 is 68.1 Å². The molecule has 3 aliphatic rings. The summed E-state index contributed by atoms with van der Waals surface area (Å²) in [7, 11) is 1.84. The minimum atomic E-state index is -1.55. The molecule has 3 atom stereocenters. The number of likely N-dealkylation sites (tertiary alicyclic amines) is 1. The number of fused-ring (bicyclic) bond motifs is 3. The molecule has 6 rings (SSSR count). The summed E-state index contributed by atoms with van der Waals surface area (Å²) in [6, 6.07) is 17.1. The predicted molar refractivity (Wildman–Crippen MR) is 159 cm³/mol. The van der Waals surface area contributed by atoms with Gasteiger partial charge < -0.3 is 15.4 Å². The van der Waals surface area contributed by atoms with Gasteiger partial charge in [0.2, 0.25) is 0 Å². The molecule has 0 aromatic heterocycles. The third-order valence-electron chi connectivity index (χ3n) is 7.93. The van der Waals surface area contributed by atoms with Crippen molar-refractivity contribution in [3.05, 3.63) is 87.1 Å². The lowest BCUT2D eigenvalue weighted by atomic mass is 9.67. The zero-order valence-electron chi connectivity index (χ0n) is 21.8. The number of thiocarbonyl (C=S) groups is 1. The van der Waals surface area contributed by atoms with Gasteiger partial charge in [0.1, 0.15) is 11.6 Å². The Bertz CT molecular complexity index is 1590. The van der Waals surface area contributed by atoms with Crippen molar-refractivity contribution < 1.29 is 18.7 Å². The van der Waals surface area contributed by atoms with E-state index in [1.807, 2.05) is 68.3 Å². The van der Waals surface area contributed by atoms with Gasteiger partial charge in [-0.15, -0.1) is 0 Å². The molecule has 7 nitrogen and oxygen atoms in total. The average molecular weight is 644 g/mol. The first-order valence-corrected chi connectivity index (χ1v) is 14.3. The number of ether oxygens (including phenoxy) is 1. The van der Waals surface area contributed by atoms with Gasteiger partial charge in [0, 0.05) is 28.2 Å². The third kappa shape index (κ3) is 3.66. The quantitative estimate of drug-likeness (QED) is 0.363. The summed E-state index contributed by atoms with van der Waals surface area (Å²) in [4.78, 5) is 32.3. The standard InChI is InChI=1S/C29H25BrClFN4O3S/c1-15(2)39-19-8-4-16(5-9-19)21-14-35(3)29(20-12-17(30)6-11-24(20)33-25(29)37)28(21)26(38)36(27(40)34-28)18-7-10-23(32)22(31)13-18/h4-13,15,21H,14H2,1-3H3,(H,33,37)(H,34,40)/t21?,28-,29+/m0/s1. The highest BCUT2D eigenvalue weighted by atomic mass is 79.9. The van der Waals surface area contributed by atoms with E-state index in [9.17, 15) is 14.0 Å². The Hall–Kier alpha value is -3.05. The van der Waals surface area contributed by atoms with Gasteiger partial charge in [0.15, 0.2) is 16.2 Å². The van der Waals surface area contributed by atoms with E-state index in [0.717, 1.165) is 10.0 Å². The normalized spacial score (nSPS) is 25.7. The van der Waals surface area contributed by atoms with E-state index in [1.54, 1.807) is 0 Å². The summed E-state index contributed by atoms with van der Waals surface area (Å²) >= 11 is 15.4. The molecular weight excluding hydrogens is 619 g/mol. The molecule has 0 aliphatic carbocycles. The van der Waals surface area contributed by atoms with Crippen LogP contribution in [0.4, 0.5) is 15.8 Å². The molecule has 3 heterocycles. The minimum Gasteiger partial charge on any atom is -0.491 e. The molecule has 0 bridgehead atoms. The molecule has 3 aromatic carbocycles. The second-order valence-corrected chi connectivity index (χ2v) is 12.2. The van der Waals surface area contributed by atoms with Crippen LogP contribution >= 0.6 is 39.7 Å². The van der Waals surface area contributed by atoms with E-state index in [2.05, 4.69) is 26.6 Å². The molecule has 2 saturated heterocycles. The molecule has 2 amide bonds. The Morgan fingerprint density at radius 2 is 1.85 bits per heavy atom. The summed E-state index contributed by atoms with van der Waals surface area (Å²) in [5.41, 5.74) is -0.592. The fraction of sp³-hybridized carbons (Fsp3) is 0.276. The number of anilines is 2. The molecular formula is C29H25BrClFN4O3S. The Balaban J connectivity index is 1.58. The second kappa shape index (κ2) is 9.51. The number of amides is 2. The van der Waals surface area contributed by atoms with Crippen molar-refractivity contribution in [2.45, 2.75) is 36.9 Å². The van der Waals surface area contributed by atoms with Gasteiger partial charge in [-0.05, 0) is 87.2 Å². The number of hydrogen-bond donors (Lipinski definition) is 2. The van der Waals surface area contributed by atoms with E-state index in [1.165, 1.54) is 23.1 Å². The molecule has 206 valence electrons. The van der Waals surface area contributed by atoms with Gasteiger partial charge in [0.25, 0.3) is 11.8 Å². The van der Waals surface area contributed by atoms with Gasteiger partial charge in [-0.1, -0.05) is 39.7 Å². The number of rotatable bonds is 4. The number of carbonyl (C=O) groups is 2. The van der Waals surface area contributed by atoms with E-state index in [4.69, 9.17) is 28.6 Å². The van der Waals surface area contributed by atoms with Crippen LogP contribution in [0.15, 0.2) is 65.1 Å². The molecule has 3 aromatic rings. The molecule has 2 N–H and O–H groups in total. The van der Waals surface area contributed by atoms with Crippen LogP contribution in [0.5, 0.6) is 5.75 Å². The van der Waals surface area contributed by atoms with E-state index < -0.39 is 28.7 Å². The number of likely N-dealkylation sites (N-methyl/N-ethyl adjacent to an activating group) is 1. The number of hydrogen-bond acceptors (Lipinski definition) is 5. The largest absolute Gasteiger partial charge is 0.491 e. The number of benzene rings is 3. The first-order chi connectivity index (χ1) is 19.0. The summed E-state index contributed by atoms with van der Waals surface area (Å²) in [6.07, 6.45) is 0.00162. The van der Waals surface area contributed by atoms with Gasteiger partial charge in [-0.3, -0.25) is 19.4 Å². The van der Waals surface area contributed by atoms with Crippen LogP contribution in [-0.2, 0) is 15.1 Å². The van der Waals surface area contributed by atoms with Crippen molar-refractivity contribution in [1.82, 2.24) is 10.2 Å². The SMILES string of the molecule is CC(C)Oc1ccc(C2CN(C)[C@]3(C(=O)Nc4ccc(Br)cc43)[C@]23NC(=S)N(c2ccc(F)c(Cl)c2)C3=O)cc1. The van der Waals surface area contributed by atoms with Crippen LogP contribution in [0.2, 0.25) is 5.02 Å². The maximum atomic E-state index is 14.9. The van der Waals surface area contributed by atoms with Crippen molar-refractivity contribution in [3.8, 4) is 5.75 Å². The number of nitrogens with zero attached hydrogens (tertiary/aromatic N) is 2. The van der Waals surface area contributed by atoms with Gasteiger partial charge in [-0.2, -0.15) is 0 Å². The lowest BCUT2D eigenvalue weighted by molar-refractivity contribution is -0.137. The van der Waals surface area contributed by atoms with Crippen LogP contribution in [-0.4, -0.2) is 47.1 Å². The molecule has 0 saturated carbocycles. The maximum Gasteiger partial charge on any atom is 0.262 e. The Morgan fingerprint density at radius 3 is 2.52 bits per heavy atom. The topological polar surface area (TPSA) is 73.9 Å². The summed E-state index contributed by atoms with van der Waals surface area (Å²) < 4.78 is 20.7. The highest BCUT2D eigenvalue weighted by Crippen LogP contribution is 2.59. The summed E-state index contributed by atoms with van der Waals surface area (Å²) in [5, 5.41) is 6.29. The lowest BCUT2D eigenvalue weighted by Crippen LogP contribution is -2.68. The molecule has 0 radical (unpaired) electrons. The van der Waals surface area contributed by atoms with Gasteiger partial charge in [-0.25, -0.2) is 4.39 Å². The van der Waals surface area contributed by atoms with Crippen LogP contribution in [0.3, 0.4) is 0 Å². The van der Waals surface area contributed by atoms with E-state index in [-0.39, 0.29) is 22.1 Å².